The predicted molar refractivity (Wildman–Crippen MR) is 67.7 cm³/mol. The van der Waals surface area contributed by atoms with Crippen molar-refractivity contribution in [3.8, 4) is 11.5 Å². The summed E-state index contributed by atoms with van der Waals surface area (Å²) in [5, 5.41) is 1.04. The molecule has 0 heterocycles. The molecule has 0 N–H and O–H groups in total. The lowest BCUT2D eigenvalue weighted by molar-refractivity contribution is 0.483. The molecule has 0 aliphatic rings. The molecule has 82 valence electrons. The Balaban J connectivity index is 2.35. The fourth-order valence-electron chi connectivity index (χ4n) is 1.39. The van der Waals surface area contributed by atoms with E-state index >= 15 is 0 Å². The van der Waals surface area contributed by atoms with Crippen LogP contribution in [0.2, 0.25) is 10.0 Å². The molecular weight excluding hydrogens is 243 g/mol. The van der Waals surface area contributed by atoms with Crippen LogP contribution in [-0.4, -0.2) is 0 Å². The Morgan fingerprint density at radius 3 is 2.06 bits per heavy atom. The Morgan fingerprint density at radius 1 is 0.938 bits per heavy atom. The van der Waals surface area contributed by atoms with Gasteiger partial charge in [0.05, 0.1) is 10.0 Å². The van der Waals surface area contributed by atoms with Gasteiger partial charge in [-0.2, -0.15) is 0 Å². The smallest absolute Gasteiger partial charge is 0.164 e. The normalized spacial score (nSPS) is 10.2. The zero-order valence-corrected chi connectivity index (χ0v) is 10.2. The van der Waals surface area contributed by atoms with Crippen molar-refractivity contribution < 1.29 is 4.74 Å². The third-order valence-electron chi connectivity index (χ3n) is 2.11. The van der Waals surface area contributed by atoms with Gasteiger partial charge in [-0.1, -0.05) is 41.4 Å². The van der Waals surface area contributed by atoms with E-state index in [-0.39, 0.29) is 0 Å². The van der Waals surface area contributed by atoms with Crippen molar-refractivity contribution in [2.75, 3.05) is 0 Å². The van der Waals surface area contributed by atoms with E-state index in [0.717, 1.165) is 11.3 Å². The third kappa shape index (κ3) is 2.49. The first-order chi connectivity index (χ1) is 7.66. The molecule has 0 aliphatic heterocycles. The molecule has 2 aromatic rings. The van der Waals surface area contributed by atoms with Gasteiger partial charge in [0.1, 0.15) is 5.75 Å². The highest BCUT2D eigenvalue weighted by molar-refractivity contribution is 6.37. The van der Waals surface area contributed by atoms with Crippen LogP contribution in [0.4, 0.5) is 0 Å². The summed E-state index contributed by atoms with van der Waals surface area (Å²) in [6, 6.07) is 13.1. The summed E-state index contributed by atoms with van der Waals surface area (Å²) >= 11 is 12.2. The lowest BCUT2D eigenvalue weighted by Gasteiger charge is -2.10. The van der Waals surface area contributed by atoms with Gasteiger partial charge in [-0.15, -0.1) is 0 Å². The van der Waals surface area contributed by atoms with Crippen molar-refractivity contribution >= 4 is 23.2 Å². The molecule has 0 unspecified atom stereocenters. The minimum absolute atomic E-state index is 0.500. The second kappa shape index (κ2) is 4.77. The summed E-state index contributed by atoms with van der Waals surface area (Å²) in [5.74, 6) is 1.22. The average Bonchev–Trinajstić information content (AvgIpc) is 2.25. The van der Waals surface area contributed by atoms with E-state index < -0.39 is 0 Å². The van der Waals surface area contributed by atoms with E-state index in [1.807, 2.05) is 49.4 Å². The van der Waals surface area contributed by atoms with Gasteiger partial charge in [0.25, 0.3) is 0 Å². The van der Waals surface area contributed by atoms with Gasteiger partial charge < -0.3 is 4.74 Å². The standard InChI is InChI=1S/C13H10Cl2O/c1-9-7-11(14)13(12(15)8-9)16-10-5-3-2-4-6-10/h2-8H,1H3. The van der Waals surface area contributed by atoms with E-state index in [2.05, 4.69) is 0 Å². The minimum atomic E-state index is 0.500. The van der Waals surface area contributed by atoms with Crippen LogP contribution >= 0.6 is 23.2 Å². The van der Waals surface area contributed by atoms with Gasteiger partial charge >= 0.3 is 0 Å². The highest BCUT2D eigenvalue weighted by atomic mass is 35.5. The van der Waals surface area contributed by atoms with Crippen LogP contribution in [0, 0.1) is 6.92 Å². The van der Waals surface area contributed by atoms with E-state index in [1.54, 1.807) is 0 Å². The number of halogens is 2. The predicted octanol–water partition coefficient (Wildman–Crippen LogP) is 5.09. The first-order valence-corrected chi connectivity index (χ1v) is 5.61. The molecule has 0 amide bonds. The fourth-order valence-corrected chi connectivity index (χ4v) is 2.06. The highest BCUT2D eigenvalue weighted by Crippen LogP contribution is 2.36. The highest BCUT2D eigenvalue weighted by Gasteiger charge is 2.09. The SMILES string of the molecule is Cc1cc(Cl)c(Oc2ccccc2)c(Cl)c1. The van der Waals surface area contributed by atoms with Crippen molar-refractivity contribution in [3.05, 3.63) is 58.1 Å². The zero-order chi connectivity index (χ0) is 11.5. The number of hydrogen-bond acceptors (Lipinski definition) is 1. The van der Waals surface area contributed by atoms with Crippen molar-refractivity contribution in [2.45, 2.75) is 6.92 Å². The molecule has 0 fully saturated rings. The maximum Gasteiger partial charge on any atom is 0.164 e. The summed E-state index contributed by atoms with van der Waals surface area (Å²) in [7, 11) is 0. The Labute approximate surface area is 105 Å². The lowest BCUT2D eigenvalue weighted by Crippen LogP contribution is -1.87. The molecule has 0 bridgehead atoms. The second-order valence-corrected chi connectivity index (χ2v) is 4.29. The van der Waals surface area contributed by atoms with Crippen LogP contribution in [0.5, 0.6) is 11.5 Å². The van der Waals surface area contributed by atoms with E-state index in [0.29, 0.717) is 15.8 Å². The molecule has 16 heavy (non-hydrogen) atoms. The van der Waals surface area contributed by atoms with Crippen molar-refractivity contribution in [1.82, 2.24) is 0 Å². The molecular formula is C13H10Cl2O. The molecule has 3 heteroatoms. The van der Waals surface area contributed by atoms with Gasteiger partial charge in [0, 0.05) is 0 Å². The van der Waals surface area contributed by atoms with Crippen LogP contribution in [-0.2, 0) is 0 Å². The molecule has 2 aromatic carbocycles. The average molecular weight is 253 g/mol. The Kier molecular flexibility index (Phi) is 3.37. The molecule has 0 saturated carbocycles. The largest absolute Gasteiger partial charge is 0.454 e. The first kappa shape index (κ1) is 11.3. The zero-order valence-electron chi connectivity index (χ0n) is 8.71. The molecule has 2 rings (SSSR count). The van der Waals surface area contributed by atoms with Gasteiger partial charge in [-0.3, -0.25) is 0 Å². The molecule has 1 nitrogen and oxygen atoms in total. The maximum atomic E-state index is 6.08. The van der Waals surface area contributed by atoms with Crippen LogP contribution in [0.3, 0.4) is 0 Å². The summed E-state index contributed by atoms with van der Waals surface area (Å²) in [6.07, 6.45) is 0. The lowest BCUT2D eigenvalue weighted by atomic mass is 10.2. The monoisotopic (exact) mass is 252 g/mol. The van der Waals surface area contributed by atoms with Crippen molar-refractivity contribution in [3.63, 3.8) is 0 Å². The van der Waals surface area contributed by atoms with E-state index in [1.165, 1.54) is 0 Å². The topological polar surface area (TPSA) is 9.23 Å². The van der Waals surface area contributed by atoms with Crippen LogP contribution in [0.25, 0.3) is 0 Å². The van der Waals surface area contributed by atoms with Crippen molar-refractivity contribution in [2.24, 2.45) is 0 Å². The number of rotatable bonds is 2. The Morgan fingerprint density at radius 2 is 1.50 bits per heavy atom. The van der Waals surface area contributed by atoms with Crippen LogP contribution < -0.4 is 4.74 Å². The van der Waals surface area contributed by atoms with Gasteiger partial charge in [0.15, 0.2) is 5.75 Å². The van der Waals surface area contributed by atoms with E-state index in [4.69, 9.17) is 27.9 Å². The number of hydrogen-bond donors (Lipinski definition) is 0. The second-order valence-electron chi connectivity index (χ2n) is 3.47. The molecule has 0 spiro atoms. The van der Waals surface area contributed by atoms with Crippen LogP contribution in [0.1, 0.15) is 5.56 Å². The number of aryl methyl sites for hydroxylation is 1. The quantitative estimate of drug-likeness (QED) is 0.723. The molecule has 0 aliphatic carbocycles. The molecule has 0 saturated heterocycles. The first-order valence-electron chi connectivity index (χ1n) is 4.85. The van der Waals surface area contributed by atoms with Crippen molar-refractivity contribution in [1.29, 1.82) is 0 Å². The number of para-hydroxylation sites is 1. The van der Waals surface area contributed by atoms with Gasteiger partial charge in [-0.05, 0) is 36.8 Å². The summed E-state index contributed by atoms with van der Waals surface area (Å²) in [6.45, 7) is 1.93. The molecule has 0 aromatic heterocycles. The van der Waals surface area contributed by atoms with E-state index in [9.17, 15) is 0 Å². The number of benzene rings is 2. The van der Waals surface area contributed by atoms with Gasteiger partial charge in [-0.25, -0.2) is 0 Å². The Bertz CT molecular complexity index is 472. The molecule has 0 radical (unpaired) electrons. The number of ether oxygens (including phenoxy) is 1. The maximum absolute atomic E-state index is 6.08. The summed E-state index contributed by atoms with van der Waals surface area (Å²) in [4.78, 5) is 0. The molecule has 0 atom stereocenters. The summed E-state index contributed by atoms with van der Waals surface area (Å²) < 4.78 is 5.63. The third-order valence-corrected chi connectivity index (χ3v) is 2.67. The minimum Gasteiger partial charge on any atom is -0.454 e. The summed E-state index contributed by atoms with van der Waals surface area (Å²) in [5.41, 5.74) is 1.01. The van der Waals surface area contributed by atoms with Gasteiger partial charge in [0.2, 0.25) is 0 Å². The Hall–Kier alpha value is -1.18. The van der Waals surface area contributed by atoms with Crippen LogP contribution in [0.15, 0.2) is 42.5 Å². The fraction of sp³-hybridized carbons (Fsp3) is 0.0769.